The summed E-state index contributed by atoms with van der Waals surface area (Å²) in [6.07, 6.45) is 14.3. The van der Waals surface area contributed by atoms with Crippen LogP contribution in [-0.2, 0) is 29.5 Å². The average Bonchev–Trinajstić information content (AvgIpc) is 3.57. The first-order chi connectivity index (χ1) is 17.3. The number of hydrogen-bond acceptors (Lipinski definition) is 0. The molecule has 0 spiro atoms. The van der Waals surface area contributed by atoms with Crippen LogP contribution in [0.3, 0.4) is 0 Å². The van der Waals surface area contributed by atoms with Crippen LogP contribution in [-0.4, -0.2) is 0 Å². The van der Waals surface area contributed by atoms with E-state index in [-0.39, 0.29) is 31.1 Å². The van der Waals surface area contributed by atoms with Gasteiger partial charge in [0.15, 0.2) is 0 Å². The van der Waals surface area contributed by atoms with E-state index in [0.29, 0.717) is 0 Å². The van der Waals surface area contributed by atoms with Crippen LogP contribution in [0.25, 0.3) is 11.1 Å². The zero-order valence-corrected chi connectivity index (χ0v) is 24.2. The molecule has 0 heterocycles. The van der Waals surface area contributed by atoms with Crippen molar-refractivity contribution >= 4 is 11.1 Å². The molecule has 0 N–H and O–H groups in total. The molecule has 0 fully saturated rings. The molecule has 4 aromatic carbocycles. The Hall–Kier alpha value is -2.70. The summed E-state index contributed by atoms with van der Waals surface area (Å²) in [5.41, 5.74) is 8.30. The fourth-order valence-electron chi connectivity index (χ4n) is 5.48. The SMILES string of the molecule is C1=C[C]([Zr+2][C]2(c3ccccc3)C=CC=C2c2ccccc2)(c2ccccc2)C(c2ccccc2)=C1.[Cl-].[Cl-]. The van der Waals surface area contributed by atoms with Crippen LogP contribution >= 0.6 is 0 Å². The maximum atomic E-state index is 2.50. The minimum atomic E-state index is -1.35. The van der Waals surface area contributed by atoms with Gasteiger partial charge in [0.25, 0.3) is 0 Å². The normalized spacial score (nSPS) is 21.3. The molecule has 0 bridgehead atoms. The summed E-state index contributed by atoms with van der Waals surface area (Å²) in [5, 5.41) is 0. The molecule has 2 aliphatic rings. The first-order valence-electron chi connectivity index (χ1n) is 12.1. The number of allylic oxidation sites excluding steroid dienone is 8. The van der Waals surface area contributed by atoms with Crippen molar-refractivity contribution in [3.63, 3.8) is 0 Å². The van der Waals surface area contributed by atoms with Gasteiger partial charge in [-0.25, -0.2) is 0 Å². The molecule has 0 aliphatic heterocycles. The van der Waals surface area contributed by atoms with E-state index in [1.807, 2.05) is 0 Å². The smallest absolute Gasteiger partial charge is 1.00 e. The second-order valence-electron chi connectivity index (χ2n) is 9.08. The van der Waals surface area contributed by atoms with Crippen molar-refractivity contribution in [3.8, 4) is 0 Å². The Labute approximate surface area is 243 Å². The minimum Gasteiger partial charge on any atom is -1.00 e. The molecule has 0 aromatic heterocycles. The Morgan fingerprint density at radius 3 is 1.08 bits per heavy atom. The van der Waals surface area contributed by atoms with Gasteiger partial charge in [0.05, 0.1) is 0 Å². The Morgan fingerprint density at radius 2 is 0.730 bits per heavy atom. The molecule has 0 saturated carbocycles. The third-order valence-corrected chi connectivity index (χ3v) is 12.6. The number of halogens is 2. The van der Waals surface area contributed by atoms with Gasteiger partial charge in [0.2, 0.25) is 0 Å². The standard InChI is InChI=1S/2C17H13.2ClH.Zr/c2*1-3-8-14(9-4-1)16-12-7-13-17(16)15-10-5-2-6-11-15;;;/h2*1-13H;2*1H;/q;;;;+2/p-2. The minimum absolute atomic E-state index is 0. The van der Waals surface area contributed by atoms with Crippen LogP contribution in [0, 0.1) is 0 Å². The zero-order chi connectivity index (χ0) is 23.6. The summed E-state index contributed by atoms with van der Waals surface area (Å²) in [7, 11) is 0. The molecule has 4 aromatic rings. The molecule has 0 radical (unpaired) electrons. The van der Waals surface area contributed by atoms with E-state index < -0.39 is 23.2 Å². The molecule has 37 heavy (non-hydrogen) atoms. The fraction of sp³-hybridized carbons (Fsp3) is 0.0588. The van der Waals surface area contributed by atoms with E-state index in [0.717, 1.165) is 0 Å². The number of benzene rings is 4. The molecular weight excluding hydrogens is 571 g/mol. The van der Waals surface area contributed by atoms with Gasteiger partial charge in [-0.2, -0.15) is 0 Å². The molecular formula is C34H26Cl2Zr. The van der Waals surface area contributed by atoms with Crippen LogP contribution in [0.1, 0.15) is 22.3 Å². The molecule has 0 saturated heterocycles. The quantitative estimate of drug-likeness (QED) is 0.320. The molecule has 0 amide bonds. The van der Waals surface area contributed by atoms with Gasteiger partial charge in [-0.1, -0.05) is 0 Å². The van der Waals surface area contributed by atoms with Crippen LogP contribution in [0.5, 0.6) is 0 Å². The summed E-state index contributed by atoms with van der Waals surface area (Å²) in [5.74, 6) is 0. The van der Waals surface area contributed by atoms with Crippen LogP contribution in [0.2, 0.25) is 0 Å². The van der Waals surface area contributed by atoms with Crippen molar-refractivity contribution in [2.24, 2.45) is 0 Å². The first-order valence-corrected chi connectivity index (χ1v) is 14.6. The maximum absolute atomic E-state index is 2.50. The molecule has 2 aliphatic carbocycles. The Kier molecular flexibility index (Phi) is 8.71. The predicted octanol–water partition coefficient (Wildman–Crippen LogP) is 2.17. The summed E-state index contributed by atoms with van der Waals surface area (Å²) in [6.45, 7) is 0. The largest absolute Gasteiger partial charge is 1.00 e. The third-order valence-electron chi connectivity index (χ3n) is 7.09. The van der Waals surface area contributed by atoms with E-state index >= 15 is 0 Å². The molecule has 2 unspecified atom stereocenters. The maximum Gasteiger partial charge on any atom is -1.00 e. The Morgan fingerprint density at radius 1 is 0.405 bits per heavy atom. The first kappa shape index (κ1) is 27.3. The predicted molar refractivity (Wildman–Crippen MR) is 143 cm³/mol. The van der Waals surface area contributed by atoms with Crippen LogP contribution < -0.4 is 24.8 Å². The summed E-state index contributed by atoms with van der Waals surface area (Å²) in [4.78, 5) is 0. The second-order valence-corrected chi connectivity index (χ2v) is 13.6. The van der Waals surface area contributed by atoms with Crippen molar-refractivity contribution < 1.29 is 48.0 Å². The monoisotopic (exact) mass is 594 g/mol. The fourth-order valence-corrected chi connectivity index (χ4v) is 11.2. The Balaban J connectivity index is 0.00000160. The van der Waals surface area contributed by atoms with Crippen LogP contribution in [0.15, 0.2) is 158 Å². The summed E-state index contributed by atoms with van der Waals surface area (Å²) < 4.78 is -0.186. The van der Waals surface area contributed by atoms with Gasteiger partial charge in [0.1, 0.15) is 0 Å². The van der Waals surface area contributed by atoms with E-state index in [1.165, 1.54) is 33.4 Å². The Bertz CT molecular complexity index is 1330. The van der Waals surface area contributed by atoms with E-state index in [1.54, 1.807) is 0 Å². The van der Waals surface area contributed by atoms with Crippen molar-refractivity contribution in [3.05, 3.63) is 180 Å². The zero-order valence-electron chi connectivity index (χ0n) is 20.3. The second kappa shape index (κ2) is 11.8. The van der Waals surface area contributed by atoms with E-state index in [4.69, 9.17) is 0 Å². The van der Waals surface area contributed by atoms with Gasteiger partial charge in [-0.05, 0) is 0 Å². The van der Waals surface area contributed by atoms with Gasteiger partial charge in [0, 0.05) is 0 Å². The van der Waals surface area contributed by atoms with Crippen LogP contribution in [0.4, 0.5) is 0 Å². The molecule has 6 rings (SSSR count). The van der Waals surface area contributed by atoms with Gasteiger partial charge < -0.3 is 24.8 Å². The van der Waals surface area contributed by atoms with Gasteiger partial charge >= 0.3 is 221 Å². The average molecular weight is 597 g/mol. The summed E-state index contributed by atoms with van der Waals surface area (Å²) in [6, 6.07) is 44.3. The van der Waals surface area contributed by atoms with Crippen molar-refractivity contribution in [2.75, 3.05) is 0 Å². The summed E-state index contributed by atoms with van der Waals surface area (Å²) >= 11 is -1.35. The van der Waals surface area contributed by atoms with Crippen molar-refractivity contribution in [2.45, 2.75) is 6.25 Å². The number of rotatable bonds is 6. The van der Waals surface area contributed by atoms with E-state index in [2.05, 4.69) is 158 Å². The number of hydrogen-bond donors (Lipinski definition) is 0. The van der Waals surface area contributed by atoms with Gasteiger partial charge in [-0.15, -0.1) is 0 Å². The molecule has 3 heteroatoms. The van der Waals surface area contributed by atoms with Crippen molar-refractivity contribution in [1.82, 2.24) is 0 Å². The molecule has 180 valence electrons. The molecule has 0 nitrogen and oxygen atoms in total. The van der Waals surface area contributed by atoms with E-state index in [9.17, 15) is 0 Å². The topological polar surface area (TPSA) is 0 Å². The molecule has 2 atom stereocenters. The van der Waals surface area contributed by atoms with Gasteiger partial charge in [-0.3, -0.25) is 0 Å². The van der Waals surface area contributed by atoms with Crippen molar-refractivity contribution in [1.29, 1.82) is 0 Å². The third kappa shape index (κ3) is 4.94.